The summed E-state index contributed by atoms with van der Waals surface area (Å²) in [5, 5.41) is 5.41. The molecule has 4 nitrogen and oxygen atoms in total. The van der Waals surface area contributed by atoms with Gasteiger partial charge >= 0.3 is 0 Å². The SMILES string of the molecule is CC(=O)c1c(C)[nH]c(C(=O)CNC(c2ccccc2)c2cccs2)c1C. The highest BCUT2D eigenvalue weighted by Crippen LogP contribution is 2.26. The van der Waals surface area contributed by atoms with Crippen molar-refractivity contribution in [1.82, 2.24) is 10.3 Å². The number of carbonyl (C=O) groups excluding carboxylic acids is 2. The lowest BCUT2D eigenvalue weighted by atomic mass is 10.0. The molecule has 1 atom stereocenters. The largest absolute Gasteiger partial charge is 0.355 e. The fourth-order valence-electron chi connectivity index (χ4n) is 3.32. The first kappa shape index (κ1) is 18.3. The second-order valence-electron chi connectivity index (χ2n) is 6.34. The fraction of sp³-hybridized carbons (Fsp3) is 0.238. The van der Waals surface area contributed by atoms with Crippen molar-refractivity contribution in [2.24, 2.45) is 0 Å². The van der Waals surface area contributed by atoms with Crippen molar-refractivity contribution >= 4 is 22.9 Å². The van der Waals surface area contributed by atoms with Crippen LogP contribution < -0.4 is 5.32 Å². The first-order chi connectivity index (χ1) is 12.5. The summed E-state index contributed by atoms with van der Waals surface area (Å²) in [6.07, 6.45) is 0. The molecule has 0 spiro atoms. The summed E-state index contributed by atoms with van der Waals surface area (Å²) < 4.78 is 0. The number of hydrogen-bond donors (Lipinski definition) is 2. The molecule has 0 aliphatic carbocycles. The van der Waals surface area contributed by atoms with Crippen LogP contribution >= 0.6 is 11.3 Å². The van der Waals surface area contributed by atoms with E-state index in [1.807, 2.05) is 43.5 Å². The number of H-pyrrole nitrogens is 1. The Balaban J connectivity index is 1.81. The van der Waals surface area contributed by atoms with Crippen LogP contribution in [-0.2, 0) is 0 Å². The molecule has 3 aromatic rings. The van der Waals surface area contributed by atoms with Crippen LogP contribution in [0.3, 0.4) is 0 Å². The van der Waals surface area contributed by atoms with Gasteiger partial charge in [0.15, 0.2) is 11.6 Å². The summed E-state index contributed by atoms with van der Waals surface area (Å²) >= 11 is 1.66. The molecule has 0 amide bonds. The van der Waals surface area contributed by atoms with E-state index in [0.29, 0.717) is 11.3 Å². The number of carbonyl (C=O) groups is 2. The van der Waals surface area contributed by atoms with Gasteiger partial charge in [0.25, 0.3) is 0 Å². The van der Waals surface area contributed by atoms with Gasteiger partial charge in [-0.15, -0.1) is 11.3 Å². The Kier molecular flexibility index (Phi) is 5.49. The molecule has 0 bridgehead atoms. The predicted octanol–water partition coefficient (Wildman–Crippen LogP) is 4.46. The van der Waals surface area contributed by atoms with E-state index in [9.17, 15) is 9.59 Å². The van der Waals surface area contributed by atoms with Crippen molar-refractivity contribution < 1.29 is 9.59 Å². The molecule has 0 radical (unpaired) electrons. The van der Waals surface area contributed by atoms with Crippen LogP contribution in [0.4, 0.5) is 0 Å². The zero-order valence-electron chi connectivity index (χ0n) is 15.1. The molecule has 0 fully saturated rings. The van der Waals surface area contributed by atoms with E-state index in [1.54, 1.807) is 11.3 Å². The van der Waals surface area contributed by atoms with Gasteiger partial charge in [-0.2, -0.15) is 0 Å². The minimum Gasteiger partial charge on any atom is -0.355 e. The molecule has 26 heavy (non-hydrogen) atoms. The van der Waals surface area contributed by atoms with Crippen LogP contribution in [0, 0.1) is 13.8 Å². The predicted molar refractivity (Wildman–Crippen MR) is 105 cm³/mol. The fourth-order valence-corrected chi connectivity index (χ4v) is 4.15. The third kappa shape index (κ3) is 3.69. The Morgan fingerprint density at radius 1 is 1.12 bits per heavy atom. The molecule has 0 saturated carbocycles. The molecule has 5 heteroatoms. The number of thiophene rings is 1. The van der Waals surface area contributed by atoms with Crippen molar-refractivity contribution in [3.8, 4) is 0 Å². The van der Waals surface area contributed by atoms with E-state index in [4.69, 9.17) is 0 Å². The maximum absolute atomic E-state index is 12.8. The molecular formula is C21H22N2O2S. The Morgan fingerprint density at radius 2 is 1.85 bits per heavy atom. The maximum atomic E-state index is 12.8. The summed E-state index contributed by atoms with van der Waals surface area (Å²) in [4.78, 5) is 28.8. The smallest absolute Gasteiger partial charge is 0.193 e. The molecule has 1 unspecified atom stereocenters. The Bertz CT molecular complexity index is 911. The first-order valence-corrected chi connectivity index (χ1v) is 9.42. The second kappa shape index (κ2) is 7.81. The van der Waals surface area contributed by atoms with E-state index in [-0.39, 0.29) is 24.2 Å². The third-order valence-corrected chi connectivity index (χ3v) is 5.43. The molecule has 0 aliphatic heterocycles. The molecule has 0 saturated heterocycles. The van der Waals surface area contributed by atoms with E-state index in [0.717, 1.165) is 21.7 Å². The zero-order valence-corrected chi connectivity index (χ0v) is 15.9. The molecule has 134 valence electrons. The molecule has 2 heterocycles. The van der Waals surface area contributed by atoms with Crippen LogP contribution in [0.15, 0.2) is 47.8 Å². The number of aromatic amines is 1. The van der Waals surface area contributed by atoms with Gasteiger partial charge in [0.1, 0.15) is 0 Å². The van der Waals surface area contributed by atoms with Gasteiger partial charge in [-0.25, -0.2) is 0 Å². The van der Waals surface area contributed by atoms with E-state index in [1.165, 1.54) is 6.92 Å². The quantitative estimate of drug-likeness (QED) is 0.607. The van der Waals surface area contributed by atoms with Gasteiger partial charge in [0.2, 0.25) is 0 Å². The van der Waals surface area contributed by atoms with Crippen LogP contribution in [0.25, 0.3) is 0 Å². The van der Waals surface area contributed by atoms with Crippen molar-refractivity contribution in [3.63, 3.8) is 0 Å². The number of aromatic nitrogens is 1. The van der Waals surface area contributed by atoms with Crippen LogP contribution in [0.5, 0.6) is 0 Å². The van der Waals surface area contributed by atoms with E-state index in [2.05, 4.69) is 28.5 Å². The Hall–Kier alpha value is -2.50. The Labute approximate surface area is 157 Å². The van der Waals surface area contributed by atoms with Gasteiger partial charge in [-0.3, -0.25) is 14.9 Å². The van der Waals surface area contributed by atoms with Crippen LogP contribution in [0.2, 0.25) is 0 Å². The molecule has 0 aliphatic rings. The summed E-state index contributed by atoms with van der Waals surface area (Å²) in [5.41, 5.74) is 3.72. The molecule has 1 aromatic carbocycles. The molecule has 3 rings (SSSR count). The van der Waals surface area contributed by atoms with Gasteiger partial charge in [0.05, 0.1) is 18.3 Å². The van der Waals surface area contributed by atoms with Crippen molar-refractivity contribution in [2.45, 2.75) is 26.8 Å². The number of nitrogens with one attached hydrogen (secondary N) is 2. The zero-order chi connectivity index (χ0) is 18.7. The van der Waals surface area contributed by atoms with Gasteiger partial charge < -0.3 is 4.98 Å². The maximum Gasteiger partial charge on any atom is 0.193 e. The Morgan fingerprint density at radius 3 is 2.42 bits per heavy atom. The minimum atomic E-state index is -0.0458. The number of ketones is 2. The number of aryl methyl sites for hydroxylation is 1. The average Bonchev–Trinajstić information content (AvgIpc) is 3.24. The summed E-state index contributed by atoms with van der Waals surface area (Å²) in [6.45, 7) is 5.36. The summed E-state index contributed by atoms with van der Waals surface area (Å²) in [6, 6.07) is 14.1. The second-order valence-corrected chi connectivity index (χ2v) is 7.32. The highest BCUT2D eigenvalue weighted by atomic mass is 32.1. The van der Waals surface area contributed by atoms with Crippen molar-refractivity contribution in [3.05, 3.63) is 80.8 Å². The normalized spacial score (nSPS) is 12.1. The first-order valence-electron chi connectivity index (χ1n) is 8.54. The van der Waals surface area contributed by atoms with Crippen molar-refractivity contribution in [2.75, 3.05) is 6.54 Å². The lowest BCUT2D eigenvalue weighted by Gasteiger charge is -2.17. The van der Waals surface area contributed by atoms with Gasteiger partial charge in [0, 0.05) is 16.1 Å². The van der Waals surface area contributed by atoms with Gasteiger partial charge in [-0.1, -0.05) is 36.4 Å². The minimum absolute atomic E-state index is 0.0241. The lowest BCUT2D eigenvalue weighted by Crippen LogP contribution is -2.28. The topological polar surface area (TPSA) is 62.0 Å². The molecule has 2 N–H and O–H groups in total. The molecular weight excluding hydrogens is 344 g/mol. The monoisotopic (exact) mass is 366 g/mol. The summed E-state index contributed by atoms with van der Waals surface area (Å²) in [7, 11) is 0. The lowest BCUT2D eigenvalue weighted by molar-refractivity contribution is 0.0983. The van der Waals surface area contributed by atoms with Gasteiger partial charge in [-0.05, 0) is 43.3 Å². The summed E-state index contributed by atoms with van der Waals surface area (Å²) in [5.74, 6) is -0.0698. The molecule has 2 aromatic heterocycles. The number of Topliss-reactive ketones (excluding diaryl/α,β-unsaturated/α-hetero) is 2. The van der Waals surface area contributed by atoms with Crippen molar-refractivity contribution in [1.29, 1.82) is 0 Å². The van der Waals surface area contributed by atoms with Crippen LogP contribution in [0.1, 0.15) is 55.5 Å². The van der Waals surface area contributed by atoms with E-state index < -0.39 is 0 Å². The standard InChI is InChI=1S/C21H22N2O2S/c1-13-19(15(3)24)14(2)23-20(13)17(25)12-22-21(18-10-7-11-26-18)16-8-5-4-6-9-16/h4-11,21-23H,12H2,1-3H3. The number of rotatable bonds is 7. The van der Waals surface area contributed by atoms with E-state index >= 15 is 0 Å². The highest BCUT2D eigenvalue weighted by Gasteiger charge is 2.21. The highest BCUT2D eigenvalue weighted by molar-refractivity contribution is 7.10. The number of hydrogen-bond acceptors (Lipinski definition) is 4. The van der Waals surface area contributed by atoms with Crippen LogP contribution in [-0.4, -0.2) is 23.1 Å². The third-order valence-electron chi connectivity index (χ3n) is 4.50. The number of benzene rings is 1. The average molecular weight is 366 g/mol.